The van der Waals surface area contributed by atoms with Gasteiger partial charge in [-0.2, -0.15) is 0 Å². The number of rotatable bonds is 0. The highest BCUT2D eigenvalue weighted by molar-refractivity contribution is 5.54. The Labute approximate surface area is 67.4 Å². The molecule has 0 amide bonds. The van der Waals surface area contributed by atoms with Crippen molar-refractivity contribution in [3.8, 4) is 0 Å². The molecule has 0 aromatic heterocycles. The van der Waals surface area contributed by atoms with E-state index in [4.69, 9.17) is 0 Å². The quantitative estimate of drug-likeness (QED) is 0.594. The Kier molecular flexibility index (Phi) is 1.57. The van der Waals surface area contributed by atoms with Crippen molar-refractivity contribution in [3.63, 3.8) is 0 Å². The molecule has 1 atom stereocenters. The normalized spacial score (nSPS) is 22.1. The highest BCUT2D eigenvalue weighted by atomic mass is 14.9. The van der Waals surface area contributed by atoms with E-state index < -0.39 is 0 Å². The van der Waals surface area contributed by atoms with E-state index >= 15 is 0 Å². The third-order valence-corrected chi connectivity index (χ3v) is 2.38. The van der Waals surface area contributed by atoms with Gasteiger partial charge in [0.15, 0.2) is 0 Å². The van der Waals surface area contributed by atoms with E-state index in [0.29, 0.717) is 0 Å². The molecule has 2 rings (SSSR count). The molecule has 1 heteroatoms. The van der Waals surface area contributed by atoms with Crippen molar-refractivity contribution < 1.29 is 0 Å². The molecular weight excluding hydrogens is 134 g/mol. The summed E-state index contributed by atoms with van der Waals surface area (Å²) < 4.78 is 0. The van der Waals surface area contributed by atoms with E-state index in [9.17, 15) is 0 Å². The van der Waals surface area contributed by atoms with Gasteiger partial charge >= 0.3 is 0 Å². The van der Waals surface area contributed by atoms with Crippen LogP contribution in [0.2, 0.25) is 0 Å². The second-order valence-electron chi connectivity index (χ2n) is 3.20. The molecule has 0 fully saturated rings. The molecule has 1 nitrogen and oxygen atoms in total. The van der Waals surface area contributed by atoms with Gasteiger partial charge in [-0.1, -0.05) is 25.1 Å². The van der Waals surface area contributed by atoms with Gasteiger partial charge in [0.05, 0.1) is 0 Å². The average molecular weight is 147 g/mol. The van der Waals surface area contributed by atoms with Crippen LogP contribution in [0.25, 0.3) is 0 Å². The molecule has 0 radical (unpaired) electrons. The smallest absolute Gasteiger partial charge is 0.0375 e. The fraction of sp³-hybridized carbons (Fsp3) is 0.400. The summed E-state index contributed by atoms with van der Waals surface area (Å²) in [5.74, 6) is 0.729. The molecule has 1 aliphatic heterocycles. The van der Waals surface area contributed by atoms with E-state index in [1.165, 1.54) is 17.7 Å². The summed E-state index contributed by atoms with van der Waals surface area (Å²) in [5.41, 5.74) is 2.80. The summed E-state index contributed by atoms with van der Waals surface area (Å²) in [7, 11) is 0. The van der Waals surface area contributed by atoms with E-state index in [0.717, 1.165) is 12.5 Å². The zero-order valence-corrected chi connectivity index (χ0v) is 6.80. The van der Waals surface area contributed by atoms with Crippen LogP contribution in [-0.4, -0.2) is 6.54 Å². The number of fused-ring (bicyclic) bond motifs is 1. The molecule has 11 heavy (non-hydrogen) atoms. The minimum Gasteiger partial charge on any atom is -0.385 e. The van der Waals surface area contributed by atoms with Crippen LogP contribution < -0.4 is 5.32 Å². The van der Waals surface area contributed by atoms with Gasteiger partial charge < -0.3 is 5.32 Å². The first-order valence-corrected chi connectivity index (χ1v) is 4.21. The van der Waals surface area contributed by atoms with E-state index in [1.54, 1.807) is 0 Å². The Morgan fingerprint density at radius 2 is 2.18 bits per heavy atom. The van der Waals surface area contributed by atoms with Crippen molar-refractivity contribution in [1.82, 2.24) is 0 Å². The van der Waals surface area contributed by atoms with Crippen molar-refractivity contribution in [1.29, 1.82) is 0 Å². The molecule has 0 unspecified atom stereocenters. The highest BCUT2D eigenvalue weighted by Gasteiger charge is 2.13. The molecule has 58 valence electrons. The Morgan fingerprint density at radius 3 is 3.00 bits per heavy atom. The molecule has 0 bridgehead atoms. The van der Waals surface area contributed by atoms with Crippen molar-refractivity contribution >= 4 is 5.69 Å². The third kappa shape index (κ3) is 1.11. The van der Waals surface area contributed by atoms with Crippen LogP contribution in [0.15, 0.2) is 24.3 Å². The first-order valence-electron chi connectivity index (χ1n) is 4.21. The lowest BCUT2D eigenvalue weighted by Crippen LogP contribution is -2.14. The fourth-order valence-electron chi connectivity index (χ4n) is 1.67. The van der Waals surface area contributed by atoms with Crippen molar-refractivity contribution in [2.75, 3.05) is 11.9 Å². The Morgan fingerprint density at radius 1 is 1.36 bits per heavy atom. The maximum atomic E-state index is 3.39. The molecule has 1 heterocycles. The lowest BCUT2D eigenvalue weighted by atomic mass is 9.93. The summed E-state index contributed by atoms with van der Waals surface area (Å²) >= 11 is 0. The molecule has 0 saturated heterocycles. The summed E-state index contributed by atoms with van der Waals surface area (Å²) in [6, 6.07) is 8.57. The molecule has 1 aromatic carbocycles. The maximum absolute atomic E-state index is 3.39. The van der Waals surface area contributed by atoms with Gasteiger partial charge in [-0.25, -0.2) is 0 Å². The zero-order valence-electron chi connectivity index (χ0n) is 6.80. The summed E-state index contributed by atoms with van der Waals surface area (Å²) in [4.78, 5) is 0. The lowest BCUT2D eigenvalue weighted by Gasteiger charge is -2.23. The number of anilines is 1. The van der Waals surface area contributed by atoms with Gasteiger partial charge in [-0.15, -0.1) is 0 Å². The summed E-state index contributed by atoms with van der Waals surface area (Å²) in [6.45, 7) is 3.41. The maximum Gasteiger partial charge on any atom is 0.0375 e. The summed E-state index contributed by atoms with van der Waals surface area (Å²) in [5, 5.41) is 3.39. The number of hydrogen-bond donors (Lipinski definition) is 1. The molecular formula is C10H13N. The zero-order chi connectivity index (χ0) is 7.68. The predicted molar refractivity (Wildman–Crippen MR) is 48.0 cm³/mol. The SMILES string of the molecule is C[C@H]1CCNc2ccccc21. The van der Waals surface area contributed by atoms with Crippen molar-refractivity contribution in [2.24, 2.45) is 0 Å². The number of hydrogen-bond acceptors (Lipinski definition) is 1. The van der Waals surface area contributed by atoms with Crippen LogP contribution in [0.5, 0.6) is 0 Å². The average Bonchev–Trinajstić information content (AvgIpc) is 2.06. The highest BCUT2D eigenvalue weighted by Crippen LogP contribution is 2.30. The minimum atomic E-state index is 0.729. The van der Waals surface area contributed by atoms with Crippen molar-refractivity contribution in [2.45, 2.75) is 19.3 Å². The van der Waals surface area contributed by atoms with Gasteiger partial charge in [0.2, 0.25) is 0 Å². The second-order valence-corrected chi connectivity index (χ2v) is 3.20. The number of nitrogens with one attached hydrogen (secondary N) is 1. The monoisotopic (exact) mass is 147 g/mol. The number of para-hydroxylation sites is 1. The van der Waals surface area contributed by atoms with E-state index in [1.807, 2.05) is 0 Å². The van der Waals surface area contributed by atoms with E-state index in [2.05, 4.69) is 36.5 Å². The number of benzene rings is 1. The van der Waals surface area contributed by atoms with Gasteiger partial charge in [0.1, 0.15) is 0 Å². The Hall–Kier alpha value is -0.980. The molecule has 1 aromatic rings. The topological polar surface area (TPSA) is 12.0 Å². The van der Waals surface area contributed by atoms with Crippen LogP contribution in [0.1, 0.15) is 24.8 Å². The molecule has 1 N–H and O–H groups in total. The summed E-state index contributed by atoms with van der Waals surface area (Å²) in [6.07, 6.45) is 1.26. The first kappa shape index (κ1) is 6.71. The van der Waals surface area contributed by atoms with Crippen LogP contribution >= 0.6 is 0 Å². The van der Waals surface area contributed by atoms with Crippen LogP contribution in [0.4, 0.5) is 5.69 Å². The van der Waals surface area contributed by atoms with Gasteiger partial charge in [0, 0.05) is 12.2 Å². The lowest BCUT2D eigenvalue weighted by molar-refractivity contribution is 0.684. The van der Waals surface area contributed by atoms with Crippen molar-refractivity contribution in [3.05, 3.63) is 29.8 Å². The van der Waals surface area contributed by atoms with Crippen LogP contribution in [0, 0.1) is 0 Å². The Bertz CT molecular complexity index is 255. The second kappa shape index (κ2) is 2.57. The minimum absolute atomic E-state index is 0.729. The molecule has 1 aliphatic rings. The predicted octanol–water partition coefficient (Wildman–Crippen LogP) is 2.61. The molecule has 0 spiro atoms. The van der Waals surface area contributed by atoms with Crippen LogP contribution in [0.3, 0.4) is 0 Å². The molecule has 0 aliphatic carbocycles. The van der Waals surface area contributed by atoms with Gasteiger partial charge in [-0.3, -0.25) is 0 Å². The largest absolute Gasteiger partial charge is 0.385 e. The standard InChI is InChI=1S/C10H13N/c1-8-6-7-11-10-5-3-2-4-9(8)10/h2-5,8,11H,6-7H2,1H3/t8-/m0/s1. The van der Waals surface area contributed by atoms with E-state index in [-0.39, 0.29) is 0 Å². The third-order valence-electron chi connectivity index (χ3n) is 2.38. The first-order chi connectivity index (χ1) is 5.38. The van der Waals surface area contributed by atoms with Gasteiger partial charge in [-0.05, 0) is 24.0 Å². The van der Waals surface area contributed by atoms with Gasteiger partial charge in [0.25, 0.3) is 0 Å². The molecule has 0 saturated carbocycles. The van der Waals surface area contributed by atoms with Crippen LogP contribution in [-0.2, 0) is 0 Å². The fourth-order valence-corrected chi connectivity index (χ4v) is 1.67. The Balaban J connectivity index is 2.44.